The number of H-pyrrole nitrogens is 1. The van der Waals surface area contributed by atoms with Crippen molar-refractivity contribution in [2.75, 3.05) is 25.0 Å². The second-order valence-electron chi connectivity index (χ2n) is 6.59. The molecule has 2 aromatic rings. The second kappa shape index (κ2) is 9.57. The van der Waals surface area contributed by atoms with Crippen molar-refractivity contribution >= 4 is 40.7 Å². The fraction of sp³-hybridized carbons (Fsp3) is 0.368. The van der Waals surface area contributed by atoms with E-state index in [0.717, 1.165) is 6.21 Å². The normalized spacial score (nSPS) is 19.4. The Bertz CT molecular complexity index is 977. The topological polar surface area (TPSA) is 119 Å². The van der Waals surface area contributed by atoms with E-state index in [2.05, 4.69) is 32.2 Å². The van der Waals surface area contributed by atoms with Crippen LogP contribution in [-0.4, -0.2) is 63.9 Å². The fourth-order valence-electron chi connectivity index (χ4n) is 3.03. The molecule has 0 unspecified atom stereocenters. The van der Waals surface area contributed by atoms with Gasteiger partial charge in [0.05, 0.1) is 22.7 Å². The number of fused-ring (bicyclic) bond motifs is 1. The maximum Gasteiger partial charge on any atom is 0.246 e. The Morgan fingerprint density at radius 3 is 3.07 bits per heavy atom. The van der Waals surface area contributed by atoms with Gasteiger partial charge in [-0.3, -0.25) is 4.79 Å². The number of hydrogen-bond donors (Lipinski definition) is 4. The van der Waals surface area contributed by atoms with Crippen molar-refractivity contribution < 1.29 is 13.9 Å². The van der Waals surface area contributed by atoms with E-state index < -0.39 is 12.3 Å². The van der Waals surface area contributed by atoms with Gasteiger partial charge in [0.1, 0.15) is 17.9 Å². The van der Waals surface area contributed by atoms with E-state index >= 15 is 0 Å². The molecule has 11 heteroatoms. The molecule has 0 aliphatic carbocycles. The number of aromatic nitrogens is 3. The van der Waals surface area contributed by atoms with Gasteiger partial charge >= 0.3 is 0 Å². The van der Waals surface area contributed by atoms with Crippen molar-refractivity contribution in [3.8, 4) is 5.88 Å². The summed E-state index contributed by atoms with van der Waals surface area (Å²) in [5.41, 5.74) is 0.814. The molecule has 1 amide bonds. The van der Waals surface area contributed by atoms with Gasteiger partial charge in [-0.1, -0.05) is 18.2 Å². The zero-order valence-electron chi connectivity index (χ0n) is 16.4. The minimum absolute atomic E-state index is 0.0639. The number of likely N-dealkylation sites (tertiary alicyclic amines) is 1. The molecule has 0 saturated carbocycles. The fourth-order valence-corrected chi connectivity index (χ4v) is 3.26. The van der Waals surface area contributed by atoms with Crippen molar-refractivity contribution in [1.82, 2.24) is 25.2 Å². The van der Waals surface area contributed by atoms with Crippen molar-refractivity contribution in [2.45, 2.75) is 25.6 Å². The predicted octanol–water partition coefficient (Wildman–Crippen LogP) is 2.63. The van der Waals surface area contributed by atoms with Crippen LogP contribution >= 0.6 is 11.6 Å². The number of anilines is 1. The van der Waals surface area contributed by atoms with Crippen molar-refractivity contribution in [3.63, 3.8) is 0 Å². The lowest BCUT2D eigenvalue weighted by molar-refractivity contribution is -0.130. The molecule has 3 heterocycles. The average Bonchev–Trinajstić information content (AvgIpc) is 3.12. The highest BCUT2D eigenvalue weighted by atomic mass is 35.5. The largest absolute Gasteiger partial charge is 0.469 e. The molecule has 30 heavy (non-hydrogen) atoms. The van der Waals surface area contributed by atoms with Crippen LogP contribution < -0.4 is 15.4 Å². The molecule has 0 aromatic carbocycles. The molecular formula is C19H23ClFN7O2. The van der Waals surface area contributed by atoms with Crippen LogP contribution in [0.2, 0.25) is 5.02 Å². The summed E-state index contributed by atoms with van der Waals surface area (Å²) in [6, 6.07) is 0. The van der Waals surface area contributed by atoms with Crippen LogP contribution in [0.3, 0.4) is 0 Å². The maximum absolute atomic E-state index is 14.6. The van der Waals surface area contributed by atoms with Crippen LogP contribution in [0.25, 0.3) is 11.0 Å². The number of rotatable bonds is 8. The number of amides is 1. The summed E-state index contributed by atoms with van der Waals surface area (Å²) in [7, 11) is 0. The van der Waals surface area contributed by atoms with Gasteiger partial charge in [0.2, 0.25) is 17.7 Å². The number of carbonyl (C=O) groups is 1. The lowest BCUT2D eigenvalue weighted by Crippen LogP contribution is -2.49. The van der Waals surface area contributed by atoms with Crippen LogP contribution in [0.15, 0.2) is 30.7 Å². The van der Waals surface area contributed by atoms with E-state index in [-0.39, 0.29) is 30.7 Å². The van der Waals surface area contributed by atoms with Crippen LogP contribution in [0.4, 0.5) is 10.3 Å². The van der Waals surface area contributed by atoms with Crippen LogP contribution in [0.5, 0.6) is 5.88 Å². The van der Waals surface area contributed by atoms with E-state index in [1.54, 1.807) is 6.20 Å². The summed E-state index contributed by atoms with van der Waals surface area (Å²) in [6.07, 6.45) is 3.40. The molecule has 4 N–H and O–H groups in total. The minimum Gasteiger partial charge on any atom is -0.469 e. The summed E-state index contributed by atoms with van der Waals surface area (Å²) in [5.74, 6) is -0.0504. The molecule has 1 aliphatic rings. The molecule has 9 nitrogen and oxygen atoms in total. The Labute approximate surface area is 177 Å². The number of nitrogens with one attached hydrogen (secondary N) is 4. The van der Waals surface area contributed by atoms with E-state index in [9.17, 15) is 9.18 Å². The Morgan fingerprint density at radius 1 is 1.57 bits per heavy atom. The van der Waals surface area contributed by atoms with Gasteiger partial charge in [0.25, 0.3) is 0 Å². The number of allylic oxidation sites excluding steroid dienone is 1. The third-order valence-corrected chi connectivity index (χ3v) is 4.85. The van der Waals surface area contributed by atoms with Crippen molar-refractivity contribution in [2.24, 2.45) is 0 Å². The summed E-state index contributed by atoms with van der Waals surface area (Å²) >= 11 is 6.25. The zero-order valence-corrected chi connectivity index (χ0v) is 17.2. The third-order valence-electron chi connectivity index (χ3n) is 4.55. The van der Waals surface area contributed by atoms with E-state index in [1.807, 2.05) is 6.92 Å². The van der Waals surface area contributed by atoms with Gasteiger partial charge in [-0.15, -0.1) is 0 Å². The highest BCUT2D eigenvalue weighted by molar-refractivity contribution is 6.35. The minimum atomic E-state index is -1.27. The molecule has 1 saturated heterocycles. The van der Waals surface area contributed by atoms with Gasteiger partial charge < -0.3 is 30.7 Å². The van der Waals surface area contributed by atoms with Gasteiger partial charge in [0, 0.05) is 31.7 Å². The Kier molecular flexibility index (Phi) is 6.88. The zero-order chi connectivity index (χ0) is 21.7. The number of piperidine rings is 1. The lowest BCUT2D eigenvalue weighted by atomic mass is 10.1. The predicted molar refractivity (Wildman–Crippen MR) is 114 cm³/mol. The summed E-state index contributed by atoms with van der Waals surface area (Å²) < 4.78 is 20.5. The Hall–Kier alpha value is -3.14. The first-order valence-electron chi connectivity index (χ1n) is 9.44. The molecule has 2 atom stereocenters. The number of halogens is 2. The molecule has 1 fully saturated rings. The monoisotopic (exact) mass is 435 g/mol. The van der Waals surface area contributed by atoms with Crippen LogP contribution in [0.1, 0.15) is 13.3 Å². The Balaban J connectivity index is 1.91. The molecule has 2 aromatic heterocycles. The number of aromatic amines is 1. The van der Waals surface area contributed by atoms with E-state index in [0.29, 0.717) is 34.8 Å². The van der Waals surface area contributed by atoms with Gasteiger partial charge in [-0.2, -0.15) is 9.97 Å². The molecular weight excluding hydrogens is 413 g/mol. The lowest BCUT2D eigenvalue weighted by Gasteiger charge is -2.34. The van der Waals surface area contributed by atoms with Gasteiger partial charge in [0.15, 0.2) is 0 Å². The molecule has 1 aliphatic heterocycles. The second-order valence-corrected chi connectivity index (χ2v) is 7.00. The standard InChI is InChI=1S/C19H23ClFN7O2/c1-3-15(29)28-6-5-13(21)14(10-28)30-18-16-12(20)9-24-17(16)26-19(27-18)25-11(7-22)8-23-4-2/h3,7-9,13-14,22-23H,1,4-6,10H2,2H3,(H2,24,25,26,27)/b11-8+,22-7?/t13-,14-/m0/s1. The number of hydrogen-bond acceptors (Lipinski definition) is 7. The summed E-state index contributed by atoms with van der Waals surface area (Å²) in [5, 5.41) is 14.1. The van der Waals surface area contributed by atoms with Crippen molar-refractivity contribution in [3.05, 3.63) is 35.8 Å². The Morgan fingerprint density at radius 2 is 2.37 bits per heavy atom. The highest BCUT2D eigenvalue weighted by Gasteiger charge is 2.33. The first-order chi connectivity index (χ1) is 14.5. The molecule has 3 rings (SSSR count). The van der Waals surface area contributed by atoms with Gasteiger partial charge in [-0.05, 0) is 19.4 Å². The van der Waals surface area contributed by atoms with Crippen molar-refractivity contribution in [1.29, 1.82) is 5.41 Å². The molecule has 160 valence electrons. The third kappa shape index (κ3) is 4.70. The smallest absolute Gasteiger partial charge is 0.246 e. The SMILES string of the molecule is C=CC(=O)N1CC[C@H](F)[C@@H](Oc2nc(N/C(C=N)=C/NCC)nc3[nH]cc(Cl)c23)C1. The molecule has 0 bridgehead atoms. The number of nitrogens with zero attached hydrogens (tertiary/aromatic N) is 3. The quantitative estimate of drug-likeness (QED) is 0.374. The highest BCUT2D eigenvalue weighted by Crippen LogP contribution is 2.32. The summed E-state index contributed by atoms with van der Waals surface area (Å²) in [6.45, 7) is 6.43. The number of ether oxygens (including phenoxy) is 1. The number of carbonyl (C=O) groups excluding carboxylic acids is 1. The van der Waals surface area contributed by atoms with E-state index in [4.69, 9.17) is 21.7 Å². The first-order valence-corrected chi connectivity index (χ1v) is 9.82. The van der Waals surface area contributed by atoms with E-state index in [1.165, 1.54) is 17.2 Å². The maximum atomic E-state index is 14.6. The first kappa shape index (κ1) is 21.6. The average molecular weight is 436 g/mol. The molecule has 0 spiro atoms. The number of alkyl halides is 1. The van der Waals surface area contributed by atoms with Gasteiger partial charge in [-0.25, -0.2) is 4.39 Å². The van der Waals surface area contributed by atoms with Crippen LogP contribution in [0, 0.1) is 5.41 Å². The summed E-state index contributed by atoms with van der Waals surface area (Å²) in [4.78, 5) is 25.0. The molecule has 0 radical (unpaired) electrons. The van der Waals surface area contributed by atoms with Crippen LogP contribution in [-0.2, 0) is 4.79 Å².